The molecular formula is C24H31FN4O2. The van der Waals surface area contributed by atoms with E-state index in [1.165, 1.54) is 6.07 Å². The van der Waals surface area contributed by atoms with Crippen LogP contribution in [0.5, 0.6) is 0 Å². The second-order valence-corrected chi connectivity index (χ2v) is 9.49. The number of rotatable bonds is 3. The fourth-order valence-corrected chi connectivity index (χ4v) is 6.17. The third kappa shape index (κ3) is 3.63. The van der Waals surface area contributed by atoms with Crippen LogP contribution in [0.4, 0.5) is 4.39 Å². The van der Waals surface area contributed by atoms with Crippen LogP contribution < -0.4 is 5.32 Å². The second kappa shape index (κ2) is 7.93. The number of aromatic nitrogens is 1. The Hall–Kier alpha value is -2.41. The van der Waals surface area contributed by atoms with Crippen molar-refractivity contribution in [1.29, 1.82) is 0 Å². The number of nitrogens with zero attached hydrogens (tertiary/aromatic N) is 2. The zero-order valence-corrected chi connectivity index (χ0v) is 18.3. The van der Waals surface area contributed by atoms with Gasteiger partial charge in [0.2, 0.25) is 5.91 Å². The molecule has 31 heavy (non-hydrogen) atoms. The smallest absolute Gasteiger partial charge is 0.267 e. The molecule has 2 N–H and O–H groups in total. The van der Waals surface area contributed by atoms with Gasteiger partial charge in [0.15, 0.2) is 0 Å². The number of likely N-dealkylation sites (tertiary alicyclic amines) is 2. The number of nitrogens with one attached hydrogen (secondary N) is 2. The van der Waals surface area contributed by atoms with Crippen LogP contribution in [0.25, 0.3) is 10.9 Å². The minimum Gasteiger partial charge on any atom is -0.350 e. The molecule has 1 aliphatic carbocycles. The molecule has 4 atom stereocenters. The molecule has 1 aromatic carbocycles. The Morgan fingerprint density at radius 1 is 1.13 bits per heavy atom. The summed E-state index contributed by atoms with van der Waals surface area (Å²) in [6.45, 7) is 5.48. The Labute approximate surface area is 182 Å². The summed E-state index contributed by atoms with van der Waals surface area (Å²) in [6.07, 6.45) is 6.24. The molecule has 1 aromatic heterocycles. The van der Waals surface area contributed by atoms with E-state index in [4.69, 9.17) is 0 Å². The van der Waals surface area contributed by atoms with E-state index in [1.807, 2.05) is 11.8 Å². The topological polar surface area (TPSA) is 68.4 Å². The van der Waals surface area contributed by atoms with Gasteiger partial charge in [-0.1, -0.05) is 6.07 Å². The summed E-state index contributed by atoms with van der Waals surface area (Å²) in [5, 5.41) is 3.66. The number of hydrogen-bond acceptors (Lipinski definition) is 3. The summed E-state index contributed by atoms with van der Waals surface area (Å²) in [4.78, 5) is 32.6. The highest BCUT2D eigenvalue weighted by Gasteiger charge is 2.46. The van der Waals surface area contributed by atoms with E-state index in [9.17, 15) is 14.0 Å². The molecule has 2 aromatic rings. The molecule has 3 fully saturated rings. The molecule has 0 unspecified atom stereocenters. The fourth-order valence-electron chi connectivity index (χ4n) is 6.17. The number of amides is 2. The van der Waals surface area contributed by atoms with Crippen molar-refractivity contribution in [2.24, 2.45) is 0 Å². The Balaban J connectivity index is 1.25. The van der Waals surface area contributed by atoms with Crippen molar-refractivity contribution in [3.05, 3.63) is 35.3 Å². The summed E-state index contributed by atoms with van der Waals surface area (Å²) in [5.41, 5.74) is 2.03. The minimum absolute atomic E-state index is 0.118. The number of benzene rings is 1. The van der Waals surface area contributed by atoms with Gasteiger partial charge in [-0.15, -0.1) is 0 Å². The summed E-state index contributed by atoms with van der Waals surface area (Å²) in [5.74, 6) is -0.287. The van der Waals surface area contributed by atoms with Gasteiger partial charge in [0.25, 0.3) is 5.91 Å². The van der Waals surface area contributed by atoms with Gasteiger partial charge >= 0.3 is 0 Å². The van der Waals surface area contributed by atoms with E-state index in [0.29, 0.717) is 34.7 Å². The van der Waals surface area contributed by atoms with Crippen molar-refractivity contribution in [2.75, 3.05) is 13.1 Å². The molecule has 0 radical (unpaired) electrons. The van der Waals surface area contributed by atoms with E-state index >= 15 is 0 Å². The summed E-state index contributed by atoms with van der Waals surface area (Å²) in [7, 11) is 0. The number of fused-ring (bicyclic) bond motifs is 2. The zero-order valence-electron chi connectivity index (χ0n) is 18.3. The molecule has 2 aliphatic heterocycles. The van der Waals surface area contributed by atoms with Crippen molar-refractivity contribution in [2.45, 2.75) is 76.5 Å². The van der Waals surface area contributed by atoms with Crippen molar-refractivity contribution in [3.63, 3.8) is 0 Å². The van der Waals surface area contributed by atoms with E-state index in [-0.39, 0.29) is 23.7 Å². The highest BCUT2D eigenvalue weighted by Crippen LogP contribution is 2.36. The number of carbonyl (C=O) groups excluding carboxylic acids is 2. The number of hydrogen-bond donors (Lipinski definition) is 2. The van der Waals surface area contributed by atoms with Crippen molar-refractivity contribution >= 4 is 22.7 Å². The molecule has 3 heterocycles. The summed E-state index contributed by atoms with van der Waals surface area (Å²) < 4.78 is 14.1. The average molecular weight is 427 g/mol. The molecule has 0 bridgehead atoms. The van der Waals surface area contributed by atoms with Crippen molar-refractivity contribution in [3.8, 4) is 0 Å². The Bertz CT molecular complexity index is 979. The number of carbonyl (C=O) groups is 2. The standard InChI is InChI=1S/C24H31FN4O2/c1-14-6-7-19(25)18-13-20(27-23(14)18)24(31)26-16-4-3-5-17(12-16)29-11-9-21-22(29)8-10-28(21)15(2)30/h6-7,13,16-17,21-22,27H,3-5,8-12H2,1-2H3,(H,26,31)/t16-,17+,21-,22-/m1/s1. The predicted octanol–water partition coefficient (Wildman–Crippen LogP) is 3.35. The first-order chi connectivity index (χ1) is 14.9. The highest BCUT2D eigenvalue weighted by atomic mass is 19.1. The molecule has 6 nitrogen and oxygen atoms in total. The first-order valence-corrected chi connectivity index (χ1v) is 11.5. The van der Waals surface area contributed by atoms with E-state index in [0.717, 1.165) is 57.2 Å². The van der Waals surface area contributed by atoms with Gasteiger partial charge in [-0.05, 0) is 63.1 Å². The van der Waals surface area contributed by atoms with Crippen LogP contribution in [0.15, 0.2) is 18.2 Å². The minimum atomic E-state index is -0.312. The van der Waals surface area contributed by atoms with E-state index in [2.05, 4.69) is 15.2 Å². The summed E-state index contributed by atoms with van der Waals surface area (Å²) in [6, 6.07) is 6.17. The zero-order chi connectivity index (χ0) is 21.7. The largest absolute Gasteiger partial charge is 0.350 e. The lowest BCUT2D eigenvalue weighted by molar-refractivity contribution is -0.129. The third-order valence-corrected chi connectivity index (χ3v) is 7.67. The van der Waals surface area contributed by atoms with Gasteiger partial charge in [0.05, 0.1) is 5.52 Å². The van der Waals surface area contributed by atoms with Crippen LogP contribution in [0.3, 0.4) is 0 Å². The molecule has 7 heteroatoms. The fraction of sp³-hybridized carbons (Fsp3) is 0.583. The van der Waals surface area contributed by atoms with Crippen LogP contribution in [0.2, 0.25) is 0 Å². The van der Waals surface area contributed by atoms with Crippen LogP contribution in [-0.4, -0.2) is 63.9 Å². The average Bonchev–Trinajstić information content (AvgIpc) is 3.45. The van der Waals surface area contributed by atoms with Gasteiger partial charge in [-0.25, -0.2) is 4.39 Å². The van der Waals surface area contributed by atoms with E-state index < -0.39 is 0 Å². The van der Waals surface area contributed by atoms with Crippen LogP contribution in [0.1, 0.15) is 61.5 Å². The number of halogens is 1. The lowest BCUT2D eigenvalue weighted by atomic mass is 9.89. The highest BCUT2D eigenvalue weighted by molar-refractivity contribution is 5.99. The van der Waals surface area contributed by atoms with Gasteiger partial charge < -0.3 is 15.2 Å². The Morgan fingerprint density at radius 3 is 2.71 bits per heavy atom. The predicted molar refractivity (Wildman–Crippen MR) is 117 cm³/mol. The van der Waals surface area contributed by atoms with Gasteiger partial charge in [-0.2, -0.15) is 0 Å². The van der Waals surface area contributed by atoms with Crippen molar-refractivity contribution < 1.29 is 14.0 Å². The maximum absolute atomic E-state index is 14.1. The van der Waals surface area contributed by atoms with Gasteiger partial charge in [-0.3, -0.25) is 14.5 Å². The van der Waals surface area contributed by atoms with Crippen LogP contribution >= 0.6 is 0 Å². The lowest BCUT2D eigenvalue weighted by Gasteiger charge is -2.38. The molecule has 5 rings (SSSR count). The number of H-pyrrole nitrogens is 1. The van der Waals surface area contributed by atoms with Gasteiger partial charge in [0.1, 0.15) is 11.5 Å². The molecule has 2 saturated heterocycles. The Kier molecular flexibility index (Phi) is 5.24. The first kappa shape index (κ1) is 20.5. The summed E-state index contributed by atoms with van der Waals surface area (Å²) >= 11 is 0. The molecule has 0 spiro atoms. The molecule has 166 valence electrons. The normalized spacial score (nSPS) is 28.8. The quantitative estimate of drug-likeness (QED) is 0.791. The lowest BCUT2D eigenvalue weighted by Crippen LogP contribution is -2.48. The maximum Gasteiger partial charge on any atom is 0.267 e. The molecule has 3 aliphatic rings. The molecular weight excluding hydrogens is 395 g/mol. The number of aryl methyl sites for hydroxylation is 1. The molecule has 2 amide bonds. The van der Waals surface area contributed by atoms with Crippen molar-refractivity contribution in [1.82, 2.24) is 20.1 Å². The van der Waals surface area contributed by atoms with Gasteiger partial charge in [0, 0.05) is 49.6 Å². The van der Waals surface area contributed by atoms with Crippen LogP contribution in [0, 0.1) is 12.7 Å². The second-order valence-electron chi connectivity index (χ2n) is 9.49. The Morgan fingerprint density at radius 2 is 1.94 bits per heavy atom. The maximum atomic E-state index is 14.1. The first-order valence-electron chi connectivity index (χ1n) is 11.5. The molecule has 1 saturated carbocycles. The van der Waals surface area contributed by atoms with Crippen LogP contribution in [-0.2, 0) is 4.79 Å². The SMILES string of the molecule is CC(=O)N1CC[C@@H]2[C@H]1CCN2[C@H]1CCC[C@@H](NC(=O)c2cc3c(F)ccc(C)c3[nH]2)C1. The third-order valence-electron chi connectivity index (χ3n) is 7.67. The number of aromatic amines is 1. The monoisotopic (exact) mass is 426 g/mol. The van der Waals surface area contributed by atoms with E-state index in [1.54, 1.807) is 19.1 Å².